The molecular weight excluding hydrogens is 264 g/mol. The zero-order chi connectivity index (χ0) is 14.8. The third-order valence-corrected chi connectivity index (χ3v) is 3.82. The summed E-state index contributed by atoms with van der Waals surface area (Å²) < 4.78 is 0. The third-order valence-electron chi connectivity index (χ3n) is 3.82. The molecule has 3 rings (SSSR count). The quantitative estimate of drug-likeness (QED) is 0.687. The number of aryl methyl sites for hydroxylation is 1. The van der Waals surface area contributed by atoms with Gasteiger partial charge >= 0.3 is 0 Å². The smallest absolute Gasteiger partial charge is 0.272 e. The van der Waals surface area contributed by atoms with Crippen LogP contribution in [0.5, 0.6) is 0 Å². The van der Waals surface area contributed by atoms with E-state index in [1.165, 1.54) is 10.9 Å². The summed E-state index contributed by atoms with van der Waals surface area (Å²) in [6, 6.07) is 8.17. The van der Waals surface area contributed by atoms with E-state index < -0.39 is 0 Å². The number of amides is 1. The Hall–Kier alpha value is -2.56. The van der Waals surface area contributed by atoms with Crippen molar-refractivity contribution in [2.75, 3.05) is 6.54 Å². The summed E-state index contributed by atoms with van der Waals surface area (Å²) in [5, 5.41) is 11.0. The van der Waals surface area contributed by atoms with Gasteiger partial charge in [0.1, 0.15) is 0 Å². The Labute approximate surface area is 122 Å². The van der Waals surface area contributed by atoms with Crippen LogP contribution in [0.15, 0.2) is 30.5 Å². The average Bonchev–Trinajstić information content (AvgIpc) is 3.04. The van der Waals surface area contributed by atoms with Gasteiger partial charge in [-0.05, 0) is 31.9 Å². The SMILES string of the molecule is Cc1[nH]nc(C(=O)NCCc2c[nH]c3ccccc23)c1C. The van der Waals surface area contributed by atoms with Crippen molar-refractivity contribution in [2.24, 2.45) is 0 Å². The number of aromatic nitrogens is 3. The molecule has 0 radical (unpaired) electrons. The predicted molar refractivity (Wildman–Crippen MR) is 82.4 cm³/mol. The van der Waals surface area contributed by atoms with Crippen molar-refractivity contribution in [3.8, 4) is 0 Å². The van der Waals surface area contributed by atoms with E-state index in [9.17, 15) is 4.79 Å². The van der Waals surface area contributed by atoms with E-state index in [0.29, 0.717) is 12.2 Å². The molecule has 0 fully saturated rings. The molecule has 1 amide bonds. The van der Waals surface area contributed by atoms with Gasteiger partial charge < -0.3 is 10.3 Å². The number of aromatic amines is 2. The summed E-state index contributed by atoms with van der Waals surface area (Å²) in [6.07, 6.45) is 2.79. The van der Waals surface area contributed by atoms with Crippen LogP contribution in [0.25, 0.3) is 10.9 Å². The minimum Gasteiger partial charge on any atom is -0.361 e. The lowest BCUT2D eigenvalue weighted by Crippen LogP contribution is -2.26. The highest BCUT2D eigenvalue weighted by Crippen LogP contribution is 2.17. The number of carbonyl (C=O) groups is 1. The van der Waals surface area contributed by atoms with Gasteiger partial charge in [-0.3, -0.25) is 9.89 Å². The van der Waals surface area contributed by atoms with Crippen molar-refractivity contribution in [1.29, 1.82) is 0 Å². The first-order chi connectivity index (χ1) is 10.2. The van der Waals surface area contributed by atoms with Gasteiger partial charge in [0, 0.05) is 34.9 Å². The summed E-state index contributed by atoms with van der Waals surface area (Å²) in [7, 11) is 0. The number of rotatable bonds is 4. The molecule has 2 heterocycles. The molecule has 3 N–H and O–H groups in total. The van der Waals surface area contributed by atoms with Crippen LogP contribution < -0.4 is 5.32 Å². The van der Waals surface area contributed by atoms with Crippen molar-refractivity contribution in [3.63, 3.8) is 0 Å². The van der Waals surface area contributed by atoms with Crippen LogP contribution >= 0.6 is 0 Å². The molecule has 0 saturated heterocycles. The van der Waals surface area contributed by atoms with Gasteiger partial charge in [-0.2, -0.15) is 5.10 Å². The zero-order valence-electron chi connectivity index (χ0n) is 12.2. The van der Waals surface area contributed by atoms with Crippen LogP contribution in [-0.2, 0) is 6.42 Å². The monoisotopic (exact) mass is 282 g/mol. The molecule has 0 saturated carbocycles. The molecule has 2 aromatic heterocycles. The molecule has 0 atom stereocenters. The normalized spacial score (nSPS) is 11.0. The molecule has 0 bridgehead atoms. The summed E-state index contributed by atoms with van der Waals surface area (Å²) >= 11 is 0. The molecule has 5 heteroatoms. The summed E-state index contributed by atoms with van der Waals surface area (Å²) in [6.45, 7) is 4.39. The second-order valence-corrected chi connectivity index (χ2v) is 5.19. The standard InChI is InChI=1S/C16H18N4O/c1-10-11(2)19-20-15(10)16(21)17-8-7-12-9-18-14-6-4-3-5-13(12)14/h3-6,9,18H,7-8H2,1-2H3,(H,17,21)(H,19,20). The number of benzene rings is 1. The topological polar surface area (TPSA) is 73.6 Å². The molecule has 0 aliphatic rings. The van der Waals surface area contributed by atoms with Gasteiger partial charge in [-0.15, -0.1) is 0 Å². The van der Waals surface area contributed by atoms with Crippen LogP contribution in [-0.4, -0.2) is 27.6 Å². The Morgan fingerprint density at radius 1 is 1.29 bits per heavy atom. The van der Waals surface area contributed by atoms with E-state index >= 15 is 0 Å². The fourth-order valence-electron chi connectivity index (χ4n) is 2.44. The zero-order valence-corrected chi connectivity index (χ0v) is 12.2. The van der Waals surface area contributed by atoms with Crippen LogP contribution in [0, 0.1) is 13.8 Å². The number of nitrogens with one attached hydrogen (secondary N) is 3. The number of nitrogens with zero attached hydrogens (tertiary/aromatic N) is 1. The highest BCUT2D eigenvalue weighted by atomic mass is 16.1. The van der Waals surface area contributed by atoms with E-state index in [0.717, 1.165) is 23.2 Å². The second kappa shape index (κ2) is 5.44. The molecule has 1 aromatic carbocycles. The molecule has 0 aliphatic heterocycles. The van der Waals surface area contributed by atoms with E-state index in [1.54, 1.807) is 0 Å². The van der Waals surface area contributed by atoms with Gasteiger partial charge in [-0.25, -0.2) is 0 Å². The fraction of sp³-hybridized carbons (Fsp3) is 0.250. The summed E-state index contributed by atoms with van der Waals surface area (Å²) in [5.41, 5.74) is 4.64. The van der Waals surface area contributed by atoms with Gasteiger partial charge in [0.2, 0.25) is 0 Å². The largest absolute Gasteiger partial charge is 0.361 e. The van der Waals surface area contributed by atoms with Crippen LogP contribution in [0.4, 0.5) is 0 Å². The lowest BCUT2D eigenvalue weighted by Gasteiger charge is -2.03. The predicted octanol–water partition coefficient (Wildman–Crippen LogP) is 2.48. The molecular formula is C16H18N4O. The lowest BCUT2D eigenvalue weighted by molar-refractivity contribution is 0.0948. The van der Waals surface area contributed by atoms with E-state index in [2.05, 4.69) is 26.6 Å². The Balaban J connectivity index is 1.64. The second-order valence-electron chi connectivity index (χ2n) is 5.19. The van der Waals surface area contributed by atoms with Crippen molar-refractivity contribution >= 4 is 16.8 Å². The minimum atomic E-state index is -0.128. The Morgan fingerprint density at radius 3 is 2.86 bits per heavy atom. The lowest BCUT2D eigenvalue weighted by atomic mass is 10.1. The highest BCUT2D eigenvalue weighted by molar-refractivity contribution is 5.93. The van der Waals surface area contributed by atoms with Gasteiger partial charge in [0.05, 0.1) is 0 Å². The maximum Gasteiger partial charge on any atom is 0.272 e. The van der Waals surface area contributed by atoms with Crippen LogP contribution in [0.1, 0.15) is 27.3 Å². The van der Waals surface area contributed by atoms with Gasteiger partial charge in [0.15, 0.2) is 5.69 Å². The van der Waals surface area contributed by atoms with Crippen LogP contribution in [0.2, 0.25) is 0 Å². The molecule has 0 unspecified atom stereocenters. The Bertz CT molecular complexity index is 785. The first kappa shape index (κ1) is 13.4. The number of carbonyl (C=O) groups excluding carboxylic acids is 1. The van der Waals surface area contributed by atoms with E-state index in [4.69, 9.17) is 0 Å². The number of H-pyrrole nitrogens is 2. The number of fused-ring (bicyclic) bond motifs is 1. The van der Waals surface area contributed by atoms with Crippen molar-refractivity contribution in [2.45, 2.75) is 20.3 Å². The molecule has 0 aliphatic carbocycles. The van der Waals surface area contributed by atoms with E-state index in [1.807, 2.05) is 38.2 Å². The highest BCUT2D eigenvalue weighted by Gasteiger charge is 2.13. The maximum absolute atomic E-state index is 12.1. The fourth-order valence-corrected chi connectivity index (χ4v) is 2.44. The van der Waals surface area contributed by atoms with Crippen molar-refractivity contribution < 1.29 is 4.79 Å². The molecule has 5 nitrogen and oxygen atoms in total. The number of hydrogen-bond acceptors (Lipinski definition) is 2. The number of para-hydroxylation sites is 1. The van der Waals surface area contributed by atoms with Crippen molar-refractivity contribution in [1.82, 2.24) is 20.5 Å². The molecule has 3 aromatic rings. The van der Waals surface area contributed by atoms with Crippen molar-refractivity contribution in [3.05, 3.63) is 53.0 Å². The summed E-state index contributed by atoms with van der Waals surface area (Å²) in [4.78, 5) is 15.3. The van der Waals surface area contributed by atoms with E-state index in [-0.39, 0.29) is 5.91 Å². The summed E-state index contributed by atoms with van der Waals surface area (Å²) in [5.74, 6) is -0.128. The Kier molecular flexibility index (Phi) is 3.48. The maximum atomic E-state index is 12.1. The first-order valence-electron chi connectivity index (χ1n) is 7.01. The van der Waals surface area contributed by atoms with Crippen LogP contribution in [0.3, 0.4) is 0 Å². The molecule has 0 spiro atoms. The minimum absolute atomic E-state index is 0.128. The molecule has 21 heavy (non-hydrogen) atoms. The average molecular weight is 282 g/mol. The van der Waals surface area contributed by atoms with Gasteiger partial charge in [0.25, 0.3) is 5.91 Å². The third kappa shape index (κ3) is 2.54. The Morgan fingerprint density at radius 2 is 2.10 bits per heavy atom. The first-order valence-corrected chi connectivity index (χ1v) is 7.01. The number of hydrogen-bond donors (Lipinski definition) is 3. The molecule has 108 valence electrons. The van der Waals surface area contributed by atoms with Gasteiger partial charge in [-0.1, -0.05) is 18.2 Å².